The maximum Gasteiger partial charge on any atom is 0.241 e. The Balaban J connectivity index is 2.21. The normalized spacial score (nSPS) is 12.2. The van der Waals surface area contributed by atoms with E-state index in [1.807, 2.05) is 44.2 Å². The van der Waals surface area contributed by atoms with Crippen molar-refractivity contribution in [2.75, 3.05) is 7.11 Å². The summed E-state index contributed by atoms with van der Waals surface area (Å²) in [5.41, 5.74) is 0.431. The molecule has 0 saturated heterocycles. The van der Waals surface area contributed by atoms with E-state index in [1.54, 1.807) is 6.07 Å². The molecule has 0 aliphatic rings. The van der Waals surface area contributed by atoms with Crippen LogP contribution in [0.2, 0.25) is 5.02 Å². The van der Waals surface area contributed by atoms with Crippen LogP contribution in [-0.2, 0) is 16.4 Å². The number of hydrogen-bond acceptors (Lipinski definition) is 3. The summed E-state index contributed by atoms with van der Waals surface area (Å²) in [5, 5.41) is 0.260. The molecule has 0 aliphatic carbocycles. The molecular weight excluding hydrogens is 334 g/mol. The Morgan fingerprint density at radius 3 is 2.35 bits per heavy atom. The van der Waals surface area contributed by atoms with Crippen molar-refractivity contribution in [3.63, 3.8) is 0 Å². The second-order valence-electron chi connectivity index (χ2n) is 5.95. The fourth-order valence-electron chi connectivity index (χ4n) is 2.38. The fourth-order valence-corrected chi connectivity index (χ4v) is 4.14. The van der Waals surface area contributed by atoms with Gasteiger partial charge in [0.05, 0.1) is 17.0 Å². The maximum absolute atomic E-state index is 12.6. The van der Waals surface area contributed by atoms with Crippen LogP contribution >= 0.6 is 11.6 Å². The Bertz CT molecular complexity index is 774. The molecule has 0 bridgehead atoms. The van der Waals surface area contributed by atoms with Crippen molar-refractivity contribution >= 4 is 21.6 Å². The third-order valence-corrected chi connectivity index (χ3v) is 5.32. The van der Waals surface area contributed by atoms with E-state index in [9.17, 15) is 8.42 Å². The van der Waals surface area contributed by atoms with Crippen LogP contribution in [0.25, 0.3) is 0 Å². The molecule has 2 aromatic carbocycles. The molecule has 0 heterocycles. The molecule has 124 valence electrons. The number of sulfonamides is 1. The molecular formula is C17H20ClNO3S. The van der Waals surface area contributed by atoms with Crippen LogP contribution in [0.3, 0.4) is 0 Å². The molecule has 1 N–H and O–H groups in total. The van der Waals surface area contributed by atoms with Crippen molar-refractivity contribution < 1.29 is 13.2 Å². The van der Waals surface area contributed by atoms with Crippen molar-refractivity contribution in [1.82, 2.24) is 4.72 Å². The minimum atomic E-state index is -3.68. The van der Waals surface area contributed by atoms with Gasteiger partial charge in [-0.25, -0.2) is 13.1 Å². The van der Waals surface area contributed by atoms with Crippen molar-refractivity contribution in [3.8, 4) is 5.75 Å². The first-order valence-corrected chi connectivity index (χ1v) is 9.01. The van der Waals surface area contributed by atoms with Gasteiger partial charge in [-0.15, -0.1) is 0 Å². The third-order valence-electron chi connectivity index (χ3n) is 3.33. The Morgan fingerprint density at radius 2 is 1.78 bits per heavy atom. The second-order valence-corrected chi connectivity index (χ2v) is 8.04. The second kappa shape index (κ2) is 6.91. The molecule has 0 fully saturated rings. The monoisotopic (exact) mass is 353 g/mol. The molecule has 0 aromatic heterocycles. The number of ether oxygens (including phenoxy) is 1. The van der Waals surface area contributed by atoms with E-state index >= 15 is 0 Å². The van der Waals surface area contributed by atoms with E-state index in [2.05, 4.69) is 4.72 Å². The van der Waals surface area contributed by atoms with Gasteiger partial charge in [0.15, 0.2) is 0 Å². The third kappa shape index (κ3) is 4.70. The summed E-state index contributed by atoms with van der Waals surface area (Å²) >= 11 is 6.02. The molecule has 0 saturated carbocycles. The quantitative estimate of drug-likeness (QED) is 0.862. The van der Waals surface area contributed by atoms with Gasteiger partial charge in [-0.05, 0) is 44.0 Å². The van der Waals surface area contributed by atoms with Crippen LogP contribution in [0.1, 0.15) is 19.4 Å². The zero-order chi connectivity index (χ0) is 17.1. The van der Waals surface area contributed by atoms with Crippen LogP contribution < -0.4 is 9.46 Å². The fraction of sp³-hybridized carbons (Fsp3) is 0.294. The molecule has 0 amide bonds. The van der Waals surface area contributed by atoms with Crippen molar-refractivity contribution in [2.24, 2.45) is 0 Å². The zero-order valence-electron chi connectivity index (χ0n) is 13.3. The Labute approximate surface area is 142 Å². The number of benzene rings is 2. The number of halogens is 1. The largest absolute Gasteiger partial charge is 0.495 e. The van der Waals surface area contributed by atoms with Gasteiger partial charge in [0.25, 0.3) is 0 Å². The van der Waals surface area contributed by atoms with Crippen LogP contribution in [0.4, 0.5) is 0 Å². The molecule has 2 rings (SSSR count). The van der Waals surface area contributed by atoms with E-state index in [0.717, 1.165) is 5.56 Å². The number of methoxy groups -OCH3 is 1. The molecule has 0 unspecified atom stereocenters. The lowest BCUT2D eigenvalue weighted by molar-refractivity contribution is 0.414. The van der Waals surface area contributed by atoms with Gasteiger partial charge < -0.3 is 4.74 Å². The maximum atomic E-state index is 12.6. The Hall–Kier alpha value is -1.56. The summed E-state index contributed by atoms with van der Waals surface area (Å²) in [4.78, 5) is 0.115. The molecule has 4 nitrogen and oxygen atoms in total. The predicted octanol–water partition coefficient (Wildman–Crippen LogP) is 3.65. The smallest absolute Gasteiger partial charge is 0.241 e. The minimum Gasteiger partial charge on any atom is -0.495 e. The molecule has 0 radical (unpaired) electrons. The average Bonchev–Trinajstić information content (AvgIpc) is 2.46. The molecule has 0 atom stereocenters. The summed E-state index contributed by atoms with van der Waals surface area (Å²) in [7, 11) is -2.19. The summed E-state index contributed by atoms with van der Waals surface area (Å²) in [6, 6.07) is 14.2. The predicted molar refractivity (Wildman–Crippen MR) is 92.6 cm³/mol. The molecule has 2 aromatic rings. The highest BCUT2D eigenvalue weighted by Gasteiger charge is 2.27. The highest BCUT2D eigenvalue weighted by Crippen LogP contribution is 2.27. The van der Waals surface area contributed by atoms with E-state index in [1.165, 1.54) is 19.2 Å². The highest BCUT2D eigenvalue weighted by atomic mass is 35.5. The Kier molecular flexibility index (Phi) is 5.34. The van der Waals surface area contributed by atoms with Gasteiger partial charge in [0.1, 0.15) is 5.75 Å². The first-order chi connectivity index (χ1) is 10.7. The van der Waals surface area contributed by atoms with Gasteiger partial charge in [-0.3, -0.25) is 0 Å². The number of rotatable bonds is 6. The van der Waals surface area contributed by atoms with Crippen molar-refractivity contribution in [2.45, 2.75) is 30.7 Å². The van der Waals surface area contributed by atoms with Crippen molar-refractivity contribution in [1.29, 1.82) is 0 Å². The molecule has 0 aliphatic heterocycles. The topological polar surface area (TPSA) is 55.4 Å². The van der Waals surface area contributed by atoms with Crippen LogP contribution in [0, 0.1) is 0 Å². The lowest BCUT2D eigenvalue weighted by Gasteiger charge is -2.26. The zero-order valence-corrected chi connectivity index (χ0v) is 14.9. The van der Waals surface area contributed by atoms with Gasteiger partial charge in [-0.1, -0.05) is 41.9 Å². The summed E-state index contributed by atoms with van der Waals surface area (Å²) in [6.45, 7) is 3.70. The first kappa shape index (κ1) is 17.8. The van der Waals surface area contributed by atoms with Crippen LogP contribution in [-0.4, -0.2) is 21.1 Å². The lowest BCUT2D eigenvalue weighted by Crippen LogP contribution is -2.44. The molecule has 0 spiro atoms. The van der Waals surface area contributed by atoms with Gasteiger partial charge in [0.2, 0.25) is 10.0 Å². The van der Waals surface area contributed by atoms with E-state index in [0.29, 0.717) is 12.2 Å². The number of hydrogen-bond donors (Lipinski definition) is 1. The molecule has 6 heteroatoms. The number of nitrogens with one attached hydrogen (secondary N) is 1. The lowest BCUT2D eigenvalue weighted by atomic mass is 9.96. The van der Waals surface area contributed by atoms with Gasteiger partial charge in [-0.2, -0.15) is 0 Å². The summed E-state index contributed by atoms with van der Waals surface area (Å²) in [5.74, 6) is 0.439. The van der Waals surface area contributed by atoms with Gasteiger partial charge in [0, 0.05) is 5.54 Å². The summed E-state index contributed by atoms with van der Waals surface area (Å²) in [6.07, 6.45) is 0.580. The van der Waals surface area contributed by atoms with Crippen LogP contribution in [0.15, 0.2) is 53.4 Å². The van der Waals surface area contributed by atoms with E-state index in [4.69, 9.17) is 16.3 Å². The van der Waals surface area contributed by atoms with Crippen LogP contribution in [0.5, 0.6) is 5.75 Å². The van der Waals surface area contributed by atoms with Gasteiger partial charge >= 0.3 is 0 Å². The molecule has 23 heavy (non-hydrogen) atoms. The first-order valence-electron chi connectivity index (χ1n) is 7.15. The highest BCUT2D eigenvalue weighted by molar-refractivity contribution is 7.89. The standard InChI is InChI=1S/C17H20ClNO3S/c1-17(2,12-13-7-5-4-6-8-13)19-23(20,21)14-9-10-16(22-3)15(18)11-14/h4-11,19H,12H2,1-3H3. The minimum absolute atomic E-state index is 0.115. The SMILES string of the molecule is COc1ccc(S(=O)(=O)NC(C)(C)Cc2ccccc2)cc1Cl. The van der Waals surface area contributed by atoms with Crippen molar-refractivity contribution in [3.05, 3.63) is 59.1 Å². The van der Waals surface area contributed by atoms with E-state index in [-0.39, 0.29) is 9.92 Å². The summed E-state index contributed by atoms with van der Waals surface area (Å²) < 4.78 is 32.9. The Morgan fingerprint density at radius 1 is 1.13 bits per heavy atom. The average molecular weight is 354 g/mol. The van der Waals surface area contributed by atoms with E-state index < -0.39 is 15.6 Å².